The highest BCUT2D eigenvalue weighted by molar-refractivity contribution is 7.25. The molecule has 0 saturated carbocycles. The Morgan fingerprint density at radius 2 is 1.88 bits per heavy atom. The summed E-state index contributed by atoms with van der Waals surface area (Å²) < 4.78 is 15.1. The molecule has 0 aliphatic rings. The first-order valence-electron chi connectivity index (χ1n) is 6.23. The predicted molar refractivity (Wildman–Crippen MR) is 75.1 cm³/mol. The van der Waals surface area contributed by atoms with Gasteiger partial charge in [-0.15, -0.1) is 0 Å². The molecule has 0 fully saturated rings. The molecule has 1 aromatic heterocycles. The fourth-order valence-corrected chi connectivity index (χ4v) is 4.92. The molecule has 0 unspecified atom stereocenters. The van der Waals surface area contributed by atoms with Crippen molar-refractivity contribution in [3.63, 3.8) is 0 Å². The van der Waals surface area contributed by atoms with Crippen LogP contribution in [-0.2, 0) is 6.42 Å². The smallest absolute Gasteiger partial charge is 0.136 e. The Hall–Kier alpha value is -0.153. The summed E-state index contributed by atoms with van der Waals surface area (Å²) in [5.41, 5.74) is 0.957. The Labute approximate surface area is 104 Å². The van der Waals surface area contributed by atoms with Gasteiger partial charge in [-0.05, 0) is 23.8 Å². The normalized spacial score (nSPS) is 12.1. The van der Waals surface area contributed by atoms with E-state index in [2.05, 4.69) is 26.6 Å². The molecule has 0 atom stereocenters. The van der Waals surface area contributed by atoms with Crippen LogP contribution in [0.15, 0.2) is 5.38 Å². The van der Waals surface area contributed by atoms with Crippen molar-refractivity contribution in [2.75, 3.05) is 0 Å². The van der Waals surface area contributed by atoms with Gasteiger partial charge in [-0.2, -0.15) is 11.3 Å². The van der Waals surface area contributed by atoms with Crippen LogP contribution < -0.4 is 4.50 Å². The van der Waals surface area contributed by atoms with Crippen molar-refractivity contribution in [1.82, 2.24) is 0 Å². The molecular weight excluding hydrogens is 235 g/mol. The third kappa shape index (κ3) is 3.70. The molecule has 1 rings (SSSR count). The molecular formula is C13H23FSSi. The zero-order valence-electron chi connectivity index (χ0n) is 10.9. The molecule has 1 aromatic rings. The average Bonchev–Trinajstić information content (AvgIpc) is 2.54. The van der Waals surface area contributed by atoms with Gasteiger partial charge in [-0.1, -0.05) is 45.8 Å². The average molecular weight is 258 g/mol. The van der Waals surface area contributed by atoms with Gasteiger partial charge in [0.25, 0.3) is 0 Å². The van der Waals surface area contributed by atoms with Crippen LogP contribution in [-0.4, -0.2) is 8.07 Å². The monoisotopic (exact) mass is 258 g/mol. The number of aryl methyl sites for hydroxylation is 1. The molecule has 0 aromatic carbocycles. The van der Waals surface area contributed by atoms with E-state index in [-0.39, 0.29) is 5.82 Å². The van der Waals surface area contributed by atoms with E-state index >= 15 is 0 Å². The quantitative estimate of drug-likeness (QED) is 0.518. The lowest BCUT2D eigenvalue weighted by Gasteiger charge is -2.13. The van der Waals surface area contributed by atoms with E-state index in [4.69, 9.17) is 0 Å². The van der Waals surface area contributed by atoms with Crippen molar-refractivity contribution in [2.24, 2.45) is 0 Å². The summed E-state index contributed by atoms with van der Waals surface area (Å²) in [6.45, 7) is 8.84. The highest BCUT2D eigenvalue weighted by Crippen LogP contribution is 2.19. The lowest BCUT2D eigenvalue weighted by Crippen LogP contribution is -2.37. The number of hydrogen-bond acceptors (Lipinski definition) is 1. The maximum Gasteiger partial charge on any atom is 0.136 e. The van der Waals surface area contributed by atoms with Crippen molar-refractivity contribution >= 4 is 23.9 Å². The summed E-state index contributed by atoms with van der Waals surface area (Å²) in [6, 6.07) is 0. The van der Waals surface area contributed by atoms with Crippen LogP contribution >= 0.6 is 11.3 Å². The van der Waals surface area contributed by atoms with Gasteiger partial charge in [-0.3, -0.25) is 0 Å². The molecule has 3 heteroatoms. The van der Waals surface area contributed by atoms with Crippen molar-refractivity contribution in [3.05, 3.63) is 16.8 Å². The molecule has 0 nitrogen and oxygen atoms in total. The standard InChI is InChI=1S/C13H23FSSi/c1-5-6-7-8-9-11-10-15-13(12(11)14)16(2,3)4/h10H,5-9H2,1-4H3. The second kappa shape index (κ2) is 5.96. The van der Waals surface area contributed by atoms with E-state index in [1.165, 1.54) is 19.3 Å². The number of thiophene rings is 1. The minimum Gasteiger partial charge on any atom is -0.206 e. The summed E-state index contributed by atoms with van der Waals surface area (Å²) in [5.74, 6) is 0.112. The molecule has 0 amide bonds. The van der Waals surface area contributed by atoms with Crippen LogP contribution in [0.5, 0.6) is 0 Å². The Balaban J connectivity index is 2.59. The van der Waals surface area contributed by atoms with E-state index in [1.807, 2.05) is 5.38 Å². The van der Waals surface area contributed by atoms with E-state index in [0.29, 0.717) is 0 Å². The van der Waals surface area contributed by atoms with Crippen LogP contribution in [0.1, 0.15) is 38.2 Å². The molecule has 92 valence electrons. The number of halogens is 1. The van der Waals surface area contributed by atoms with E-state index in [1.54, 1.807) is 11.3 Å². The fourth-order valence-electron chi connectivity index (χ4n) is 1.80. The minimum atomic E-state index is -1.47. The molecule has 0 N–H and O–H groups in total. The summed E-state index contributed by atoms with van der Waals surface area (Å²) in [6.07, 6.45) is 5.80. The summed E-state index contributed by atoms with van der Waals surface area (Å²) in [5, 5.41) is 2.04. The predicted octanol–water partition coefficient (Wildman–Crippen LogP) is 4.56. The van der Waals surface area contributed by atoms with Crippen LogP contribution in [0.3, 0.4) is 0 Å². The van der Waals surface area contributed by atoms with E-state index in [9.17, 15) is 4.39 Å². The summed E-state index contributed by atoms with van der Waals surface area (Å²) >= 11 is 1.63. The number of unbranched alkanes of at least 4 members (excludes halogenated alkanes) is 3. The molecule has 0 saturated heterocycles. The van der Waals surface area contributed by atoms with Crippen molar-refractivity contribution in [2.45, 2.75) is 58.7 Å². The first-order chi connectivity index (χ1) is 7.46. The van der Waals surface area contributed by atoms with E-state index < -0.39 is 8.07 Å². The van der Waals surface area contributed by atoms with Gasteiger partial charge in [0.05, 0.1) is 8.07 Å². The number of rotatable bonds is 6. The Kier molecular flexibility index (Phi) is 5.19. The summed E-state index contributed by atoms with van der Waals surface area (Å²) in [7, 11) is -1.47. The molecule has 0 aliphatic carbocycles. The van der Waals surface area contributed by atoms with Crippen LogP contribution in [0.2, 0.25) is 19.6 Å². The van der Waals surface area contributed by atoms with E-state index in [0.717, 1.165) is 22.9 Å². The SMILES string of the molecule is CCCCCCc1csc([Si](C)(C)C)c1F. The Morgan fingerprint density at radius 3 is 2.38 bits per heavy atom. The van der Waals surface area contributed by atoms with Crippen molar-refractivity contribution in [3.8, 4) is 0 Å². The van der Waals surface area contributed by atoms with Crippen LogP contribution in [0.25, 0.3) is 0 Å². The number of hydrogen-bond donors (Lipinski definition) is 0. The lowest BCUT2D eigenvalue weighted by molar-refractivity contribution is 0.604. The Bertz CT molecular complexity index is 325. The van der Waals surface area contributed by atoms with Gasteiger partial charge >= 0.3 is 0 Å². The minimum absolute atomic E-state index is 0.112. The molecule has 1 heterocycles. The first-order valence-corrected chi connectivity index (χ1v) is 10.6. The zero-order chi connectivity index (χ0) is 12.2. The first kappa shape index (κ1) is 13.9. The third-order valence-electron chi connectivity index (χ3n) is 2.78. The molecule has 0 aliphatic heterocycles. The molecule has 0 radical (unpaired) electrons. The second-order valence-electron chi connectivity index (χ2n) is 5.46. The topological polar surface area (TPSA) is 0 Å². The van der Waals surface area contributed by atoms with Gasteiger partial charge in [0.2, 0.25) is 0 Å². The molecule has 0 bridgehead atoms. The molecule has 0 spiro atoms. The second-order valence-corrected chi connectivity index (χ2v) is 11.7. The third-order valence-corrected chi connectivity index (χ3v) is 7.37. The molecule has 16 heavy (non-hydrogen) atoms. The largest absolute Gasteiger partial charge is 0.206 e. The Morgan fingerprint density at radius 1 is 1.19 bits per heavy atom. The van der Waals surface area contributed by atoms with Crippen LogP contribution in [0, 0.1) is 5.82 Å². The maximum absolute atomic E-state index is 14.1. The van der Waals surface area contributed by atoms with Gasteiger partial charge in [0, 0.05) is 4.50 Å². The lowest BCUT2D eigenvalue weighted by atomic mass is 10.1. The van der Waals surface area contributed by atoms with Gasteiger partial charge < -0.3 is 0 Å². The zero-order valence-corrected chi connectivity index (χ0v) is 12.7. The summed E-state index contributed by atoms with van der Waals surface area (Å²) in [4.78, 5) is 0. The highest BCUT2D eigenvalue weighted by Gasteiger charge is 2.24. The fraction of sp³-hybridized carbons (Fsp3) is 0.692. The van der Waals surface area contributed by atoms with Crippen molar-refractivity contribution < 1.29 is 4.39 Å². The van der Waals surface area contributed by atoms with Gasteiger partial charge in [0.1, 0.15) is 5.82 Å². The highest BCUT2D eigenvalue weighted by atomic mass is 32.1. The van der Waals surface area contributed by atoms with Gasteiger partial charge in [-0.25, -0.2) is 4.39 Å². The van der Waals surface area contributed by atoms with Crippen LogP contribution in [0.4, 0.5) is 4.39 Å². The maximum atomic E-state index is 14.1. The van der Waals surface area contributed by atoms with Gasteiger partial charge in [0.15, 0.2) is 0 Å². The van der Waals surface area contributed by atoms with Crippen molar-refractivity contribution in [1.29, 1.82) is 0 Å².